The molecule has 0 unspecified atom stereocenters. The molecule has 0 saturated heterocycles. The second kappa shape index (κ2) is 7.79. The Balaban J connectivity index is 1.93. The predicted octanol–water partition coefficient (Wildman–Crippen LogP) is 3.79. The summed E-state index contributed by atoms with van der Waals surface area (Å²) >= 11 is 6.04. The van der Waals surface area contributed by atoms with Crippen LogP contribution in [0, 0.1) is 6.92 Å². The number of halogens is 3. The number of nitrogens with zero attached hydrogens (tertiary/aromatic N) is 3. The second-order valence-electron chi connectivity index (χ2n) is 5.78. The predicted molar refractivity (Wildman–Crippen MR) is 96.4 cm³/mol. The van der Waals surface area contributed by atoms with Crippen LogP contribution in [0.25, 0.3) is 11.3 Å². The van der Waals surface area contributed by atoms with E-state index in [0.717, 1.165) is 9.54 Å². The zero-order valence-electron chi connectivity index (χ0n) is 14.2. The Morgan fingerprint density at radius 1 is 1.22 bits per heavy atom. The first-order valence-electron chi connectivity index (χ1n) is 7.90. The van der Waals surface area contributed by atoms with Crippen LogP contribution in [0.5, 0.6) is 0 Å². The molecule has 0 radical (unpaired) electrons. The van der Waals surface area contributed by atoms with E-state index in [2.05, 4.69) is 9.84 Å². The van der Waals surface area contributed by atoms with Crippen LogP contribution in [0.3, 0.4) is 0 Å². The second-order valence-corrected chi connectivity index (χ2v) is 8.03. The number of hydrogen-bond acceptors (Lipinski definition) is 4. The lowest BCUT2D eigenvalue weighted by atomic mass is 10.2. The Morgan fingerprint density at radius 2 is 1.93 bits per heavy atom. The lowest BCUT2D eigenvalue weighted by Crippen LogP contribution is -2.13. The molecule has 10 heteroatoms. The summed E-state index contributed by atoms with van der Waals surface area (Å²) in [6, 6.07) is 7.96. The van der Waals surface area contributed by atoms with Crippen molar-refractivity contribution in [2.75, 3.05) is 6.61 Å². The van der Waals surface area contributed by atoms with Crippen LogP contribution in [0.1, 0.15) is 5.56 Å². The van der Waals surface area contributed by atoms with Crippen molar-refractivity contribution in [2.45, 2.75) is 25.0 Å². The van der Waals surface area contributed by atoms with Crippen molar-refractivity contribution in [1.82, 2.24) is 13.8 Å². The lowest BCUT2D eigenvalue weighted by Gasteiger charge is -2.09. The van der Waals surface area contributed by atoms with Crippen LogP contribution in [0.2, 0.25) is 5.02 Å². The highest BCUT2D eigenvalue weighted by Crippen LogP contribution is 2.29. The summed E-state index contributed by atoms with van der Waals surface area (Å²) in [4.78, 5) is 0.124. The number of aryl methyl sites for hydroxylation is 1. The molecule has 0 bridgehead atoms. The topological polar surface area (TPSA) is 66.1 Å². The molecule has 0 spiro atoms. The molecule has 0 fully saturated rings. The molecule has 0 aliphatic rings. The molecule has 144 valence electrons. The van der Waals surface area contributed by atoms with Crippen molar-refractivity contribution < 1.29 is 21.9 Å². The maximum Gasteiger partial charge on any atom is 0.345 e. The molecule has 0 amide bonds. The van der Waals surface area contributed by atoms with E-state index in [4.69, 9.17) is 11.6 Å². The molecule has 0 aliphatic carbocycles. The third-order valence-electron chi connectivity index (χ3n) is 3.82. The van der Waals surface area contributed by atoms with Crippen LogP contribution < -0.4 is 0 Å². The quantitative estimate of drug-likeness (QED) is 0.589. The van der Waals surface area contributed by atoms with Gasteiger partial charge in [0.2, 0.25) is 0 Å². The van der Waals surface area contributed by atoms with E-state index in [1.807, 2.05) is 6.92 Å². The van der Waals surface area contributed by atoms with Crippen LogP contribution in [-0.2, 0) is 21.3 Å². The fourth-order valence-electron chi connectivity index (χ4n) is 2.50. The minimum absolute atomic E-state index is 0.101. The number of hydrogen-bond donors (Lipinski definition) is 0. The molecule has 2 aromatic heterocycles. The summed E-state index contributed by atoms with van der Waals surface area (Å²) in [5.74, 6) is 0. The highest BCUT2D eigenvalue weighted by atomic mass is 35.5. The molecule has 1 aromatic carbocycles. The molecule has 0 aliphatic heterocycles. The van der Waals surface area contributed by atoms with Gasteiger partial charge in [0.15, 0.2) is 0 Å². The number of rotatable bonds is 7. The Bertz CT molecular complexity index is 1030. The first-order chi connectivity index (χ1) is 12.8. The van der Waals surface area contributed by atoms with E-state index in [9.17, 15) is 17.2 Å². The van der Waals surface area contributed by atoms with E-state index >= 15 is 0 Å². The van der Waals surface area contributed by atoms with Gasteiger partial charge < -0.3 is 4.74 Å². The van der Waals surface area contributed by atoms with Gasteiger partial charge in [-0.1, -0.05) is 29.3 Å². The van der Waals surface area contributed by atoms with Gasteiger partial charge in [-0.2, -0.15) is 13.9 Å². The van der Waals surface area contributed by atoms with E-state index in [-0.39, 0.29) is 23.1 Å². The molecule has 0 atom stereocenters. The van der Waals surface area contributed by atoms with Gasteiger partial charge in [0.25, 0.3) is 10.0 Å². The highest BCUT2D eigenvalue weighted by Gasteiger charge is 2.22. The summed E-state index contributed by atoms with van der Waals surface area (Å²) in [5.41, 5.74) is 1.74. The molecule has 0 saturated carbocycles. The minimum atomic E-state index is -3.86. The maximum absolute atomic E-state index is 13.0. The minimum Gasteiger partial charge on any atom is -0.321 e. The molecule has 2 heterocycles. The van der Waals surface area contributed by atoms with Crippen LogP contribution in [-0.4, -0.2) is 35.4 Å². The van der Waals surface area contributed by atoms with E-state index in [1.165, 1.54) is 35.3 Å². The Hall–Kier alpha value is -2.23. The van der Waals surface area contributed by atoms with Crippen molar-refractivity contribution in [3.8, 4) is 11.3 Å². The van der Waals surface area contributed by atoms with Gasteiger partial charge >= 0.3 is 6.61 Å². The SMILES string of the molecule is Cc1ccc(S(=O)(=O)n2cc(Cl)cc2-c2cnn(CCOC(F)F)c2)cc1. The van der Waals surface area contributed by atoms with E-state index in [0.29, 0.717) is 11.3 Å². The fourth-order valence-corrected chi connectivity index (χ4v) is 4.14. The van der Waals surface area contributed by atoms with Crippen molar-refractivity contribution in [2.24, 2.45) is 0 Å². The van der Waals surface area contributed by atoms with Crippen molar-refractivity contribution in [3.05, 3.63) is 59.5 Å². The summed E-state index contributed by atoms with van der Waals surface area (Å²) in [6.07, 6.45) is 4.29. The third kappa shape index (κ3) is 4.37. The summed E-state index contributed by atoms with van der Waals surface area (Å²) in [5, 5.41) is 4.29. The molecular weight excluding hydrogens is 400 g/mol. The fraction of sp³-hybridized carbons (Fsp3) is 0.235. The Labute approximate surface area is 160 Å². The van der Waals surface area contributed by atoms with Gasteiger partial charge in [0, 0.05) is 18.0 Å². The standard InChI is InChI=1S/C17H16ClF2N3O3S/c1-12-2-4-15(5-3-12)27(24,25)23-11-14(18)8-16(23)13-9-21-22(10-13)6-7-26-17(19)20/h2-5,8-11,17H,6-7H2,1H3. The number of alkyl halides is 2. The zero-order valence-corrected chi connectivity index (χ0v) is 15.8. The van der Waals surface area contributed by atoms with Crippen LogP contribution >= 0.6 is 11.6 Å². The first-order valence-corrected chi connectivity index (χ1v) is 9.72. The van der Waals surface area contributed by atoms with Gasteiger partial charge in [-0.25, -0.2) is 12.4 Å². The van der Waals surface area contributed by atoms with Gasteiger partial charge in [0.05, 0.1) is 35.0 Å². The van der Waals surface area contributed by atoms with Crippen molar-refractivity contribution in [1.29, 1.82) is 0 Å². The smallest absolute Gasteiger partial charge is 0.321 e. The summed E-state index contributed by atoms with van der Waals surface area (Å²) in [7, 11) is -3.86. The average Bonchev–Trinajstić information content (AvgIpc) is 3.21. The van der Waals surface area contributed by atoms with Crippen LogP contribution in [0.4, 0.5) is 8.78 Å². The van der Waals surface area contributed by atoms with Crippen molar-refractivity contribution in [3.63, 3.8) is 0 Å². The Kier molecular flexibility index (Phi) is 5.64. The lowest BCUT2D eigenvalue weighted by molar-refractivity contribution is -0.130. The van der Waals surface area contributed by atoms with Gasteiger partial charge in [-0.3, -0.25) is 4.68 Å². The van der Waals surface area contributed by atoms with Gasteiger partial charge in [-0.15, -0.1) is 0 Å². The molecular formula is C17H16ClF2N3O3S. The molecule has 3 aromatic rings. The highest BCUT2D eigenvalue weighted by molar-refractivity contribution is 7.90. The molecule has 6 nitrogen and oxygen atoms in total. The van der Waals surface area contributed by atoms with E-state index < -0.39 is 16.6 Å². The number of aromatic nitrogens is 3. The third-order valence-corrected chi connectivity index (χ3v) is 5.72. The summed E-state index contributed by atoms with van der Waals surface area (Å²) < 4.78 is 56.7. The normalized spacial score (nSPS) is 12.0. The number of ether oxygens (including phenoxy) is 1. The molecule has 0 N–H and O–H groups in total. The Morgan fingerprint density at radius 3 is 2.59 bits per heavy atom. The average molecular weight is 416 g/mol. The summed E-state index contributed by atoms with van der Waals surface area (Å²) in [6.45, 7) is -1.11. The largest absolute Gasteiger partial charge is 0.345 e. The molecule has 27 heavy (non-hydrogen) atoms. The van der Waals surface area contributed by atoms with E-state index in [1.54, 1.807) is 18.3 Å². The van der Waals surface area contributed by atoms with Gasteiger partial charge in [-0.05, 0) is 25.1 Å². The van der Waals surface area contributed by atoms with Crippen molar-refractivity contribution >= 4 is 21.6 Å². The first kappa shape index (κ1) is 19.5. The van der Waals surface area contributed by atoms with Gasteiger partial charge in [0.1, 0.15) is 0 Å². The monoisotopic (exact) mass is 415 g/mol. The molecule has 3 rings (SSSR count). The maximum atomic E-state index is 13.0. The number of benzene rings is 1. The zero-order chi connectivity index (χ0) is 19.6. The van der Waals surface area contributed by atoms with Crippen LogP contribution in [0.15, 0.2) is 53.8 Å².